The lowest BCUT2D eigenvalue weighted by atomic mass is 10.1. The lowest BCUT2D eigenvalue weighted by molar-refractivity contribution is -0.131. The Bertz CT molecular complexity index is 970. The van der Waals surface area contributed by atoms with Crippen LogP contribution in [0.3, 0.4) is 0 Å². The van der Waals surface area contributed by atoms with Gasteiger partial charge < -0.3 is 19.7 Å². The minimum atomic E-state index is -0.854. The first-order chi connectivity index (χ1) is 13.7. The fraction of sp³-hybridized carbons (Fsp3) is 0.286. The number of nitrogens with one attached hydrogen (secondary N) is 1. The van der Waals surface area contributed by atoms with Gasteiger partial charge in [-0.2, -0.15) is 0 Å². The first-order valence-electron chi connectivity index (χ1n) is 8.95. The van der Waals surface area contributed by atoms with Crippen LogP contribution in [-0.4, -0.2) is 48.9 Å². The minimum absolute atomic E-state index is 0.151. The summed E-state index contributed by atoms with van der Waals surface area (Å²) in [6.07, 6.45) is 0. The van der Waals surface area contributed by atoms with Gasteiger partial charge in [0.05, 0.1) is 19.9 Å². The largest absolute Gasteiger partial charge is 0.497 e. The highest BCUT2D eigenvalue weighted by Crippen LogP contribution is 2.30. The van der Waals surface area contributed by atoms with E-state index < -0.39 is 5.66 Å². The number of methoxy groups -OCH3 is 2. The van der Waals surface area contributed by atoms with E-state index in [9.17, 15) is 9.59 Å². The highest BCUT2D eigenvalue weighted by molar-refractivity contribution is 6.47. The zero-order valence-corrected chi connectivity index (χ0v) is 17.4. The number of anilines is 1. The molecule has 1 aliphatic rings. The van der Waals surface area contributed by atoms with Crippen LogP contribution in [-0.2, 0) is 9.59 Å². The molecule has 8 heteroatoms. The third kappa shape index (κ3) is 4.35. The van der Waals surface area contributed by atoms with E-state index in [1.165, 1.54) is 12.0 Å². The van der Waals surface area contributed by atoms with Gasteiger partial charge in [0.1, 0.15) is 29.4 Å². The van der Waals surface area contributed by atoms with E-state index >= 15 is 0 Å². The van der Waals surface area contributed by atoms with Crippen molar-refractivity contribution in [3.05, 3.63) is 53.1 Å². The van der Waals surface area contributed by atoms with Crippen molar-refractivity contribution in [2.24, 2.45) is 4.99 Å². The predicted octanol–water partition coefficient (Wildman–Crippen LogP) is 3.36. The Morgan fingerprint density at radius 1 is 1.14 bits per heavy atom. The molecule has 1 heterocycles. The van der Waals surface area contributed by atoms with Gasteiger partial charge in [0.15, 0.2) is 0 Å². The summed E-state index contributed by atoms with van der Waals surface area (Å²) in [7, 11) is 3.05. The lowest BCUT2D eigenvalue weighted by Gasteiger charge is -2.28. The van der Waals surface area contributed by atoms with Gasteiger partial charge >= 0.3 is 0 Å². The van der Waals surface area contributed by atoms with Gasteiger partial charge in [-0.1, -0.05) is 23.7 Å². The molecule has 7 nitrogen and oxygen atoms in total. The molecule has 0 fully saturated rings. The maximum atomic E-state index is 12.9. The van der Waals surface area contributed by atoms with Crippen LogP contribution >= 0.6 is 11.6 Å². The third-order valence-electron chi connectivity index (χ3n) is 4.60. The number of hydrogen-bond acceptors (Lipinski definition) is 5. The van der Waals surface area contributed by atoms with Gasteiger partial charge in [-0.25, -0.2) is 0 Å². The molecule has 0 saturated heterocycles. The summed E-state index contributed by atoms with van der Waals surface area (Å²) < 4.78 is 10.5. The van der Waals surface area contributed by atoms with Crippen LogP contribution < -0.4 is 14.8 Å². The van der Waals surface area contributed by atoms with Crippen molar-refractivity contribution in [2.45, 2.75) is 19.5 Å². The molecule has 0 aliphatic carbocycles. The van der Waals surface area contributed by atoms with Crippen LogP contribution in [0.25, 0.3) is 0 Å². The summed E-state index contributed by atoms with van der Waals surface area (Å²) in [4.78, 5) is 31.6. The lowest BCUT2D eigenvalue weighted by Crippen LogP contribution is -2.46. The predicted molar refractivity (Wildman–Crippen MR) is 112 cm³/mol. The summed E-state index contributed by atoms with van der Waals surface area (Å²) in [6, 6.07) is 11.9. The normalized spacial score (nSPS) is 15.1. The van der Waals surface area contributed by atoms with Crippen molar-refractivity contribution >= 4 is 34.8 Å². The maximum Gasteiger partial charge on any atom is 0.275 e. The van der Waals surface area contributed by atoms with Gasteiger partial charge in [0.25, 0.3) is 5.91 Å². The van der Waals surface area contributed by atoms with E-state index in [1.54, 1.807) is 63.4 Å². The molecule has 0 unspecified atom stereocenters. The quantitative estimate of drug-likeness (QED) is 0.784. The molecule has 0 bridgehead atoms. The summed E-state index contributed by atoms with van der Waals surface area (Å²) in [5.41, 5.74) is 0.600. The molecule has 2 aromatic rings. The van der Waals surface area contributed by atoms with Gasteiger partial charge in [-0.3, -0.25) is 14.6 Å². The van der Waals surface area contributed by atoms with E-state index in [4.69, 9.17) is 21.1 Å². The fourth-order valence-electron chi connectivity index (χ4n) is 3.05. The Kier molecular flexibility index (Phi) is 5.79. The number of hydrogen-bond donors (Lipinski definition) is 1. The van der Waals surface area contributed by atoms with E-state index in [0.29, 0.717) is 33.5 Å². The second kappa shape index (κ2) is 8.13. The van der Waals surface area contributed by atoms with E-state index in [2.05, 4.69) is 10.3 Å². The van der Waals surface area contributed by atoms with E-state index in [-0.39, 0.29) is 18.4 Å². The molecule has 3 rings (SSSR count). The summed E-state index contributed by atoms with van der Waals surface area (Å²) >= 11 is 5.92. The van der Waals surface area contributed by atoms with Crippen molar-refractivity contribution in [3.63, 3.8) is 0 Å². The molecule has 1 aliphatic heterocycles. The smallest absolute Gasteiger partial charge is 0.275 e. The van der Waals surface area contributed by atoms with Gasteiger partial charge in [-0.05, 0) is 38.1 Å². The van der Waals surface area contributed by atoms with Crippen molar-refractivity contribution in [1.82, 2.24) is 4.90 Å². The second-order valence-corrected chi connectivity index (χ2v) is 7.40. The average molecular weight is 416 g/mol. The van der Waals surface area contributed by atoms with Crippen molar-refractivity contribution in [2.75, 3.05) is 26.1 Å². The molecule has 2 amide bonds. The standard InChI is InChI=1S/C21H22ClN3O4/c1-21(2)24-19(13-5-7-14(22)8-6-13)20(27)25(21)12-18(26)23-16-10-9-15(28-3)11-17(16)29-4/h5-11H,12H2,1-4H3,(H,23,26). The second-order valence-electron chi connectivity index (χ2n) is 6.97. The topological polar surface area (TPSA) is 80.2 Å². The Morgan fingerprint density at radius 3 is 2.45 bits per heavy atom. The van der Waals surface area contributed by atoms with Crippen molar-refractivity contribution in [1.29, 1.82) is 0 Å². The number of carbonyl (C=O) groups excluding carboxylic acids is 2. The van der Waals surface area contributed by atoms with Crippen molar-refractivity contribution in [3.8, 4) is 11.5 Å². The molecule has 29 heavy (non-hydrogen) atoms. The fourth-order valence-corrected chi connectivity index (χ4v) is 3.18. The van der Waals surface area contributed by atoms with E-state index in [1.807, 2.05) is 0 Å². The van der Waals surface area contributed by atoms with Crippen LogP contribution in [0.15, 0.2) is 47.5 Å². The van der Waals surface area contributed by atoms with Gasteiger partial charge in [-0.15, -0.1) is 0 Å². The third-order valence-corrected chi connectivity index (χ3v) is 4.85. The molecule has 0 spiro atoms. The zero-order valence-electron chi connectivity index (χ0n) is 16.7. The number of amides is 2. The maximum absolute atomic E-state index is 12.9. The first-order valence-corrected chi connectivity index (χ1v) is 9.32. The monoisotopic (exact) mass is 415 g/mol. The minimum Gasteiger partial charge on any atom is -0.497 e. The molecule has 0 radical (unpaired) electrons. The number of benzene rings is 2. The number of halogens is 1. The first kappa shape index (κ1) is 20.7. The number of carbonyl (C=O) groups is 2. The molecule has 0 aromatic heterocycles. The SMILES string of the molecule is COc1ccc(NC(=O)CN2C(=O)C(c3ccc(Cl)cc3)=NC2(C)C)c(OC)c1. The Morgan fingerprint density at radius 2 is 1.83 bits per heavy atom. The summed E-state index contributed by atoms with van der Waals surface area (Å²) in [5, 5.41) is 3.35. The summed E-state index contributed by atoms with van der Waals surface area (Å²) in [6.45, 7) is 3.42. The van der Waals surface area contributed by atoms with Crippen LogP contribution in [0.1, 0.15) is 19.4 Å². The molecule has 0 saturated carbocycles. The van der Waals surface area contributed by atoms with Crippen LogP contribution in [0.5, 0.6) is 11.5 Å². The highest BCUT2D eigenvalue weighted by Gasteiger charge is 2.41. The Labute approximate surface area is 174 Å². The molecule has 152 valence electrons. The Balaban J connectivity index is 1.75. The molecule has 0 atom stereocenters. The highest BCUT2D eigenvalue weighted by atomic mass is 35.5. The van der Waals surface area contributed by atoms with E-state index in [0.717, 1.165) is 0 Å². The Hall–Kier alpha value is -3.06. The number of aliphatic imine (C=N–C) groups is 1. The molecule has 2 aromatic carbocycles. The molecular weight excluding hydrogens is 394 g/mol. The van der Waals surface area contributed by atoms with Gasteiger partial charge in [0, 0.05) is 16.7 Å². The number of rotatable bonds is 6. The zero-order chi connectivity index (χ0) is 21.2. The summed E-state index contributed by atoms with van der Waals surface area (Å²) in [5.74, 6) is 0.399. The van der Waals surface area contributed by atoms with Crippen LogP contribution in [0.4, 0.5) is 5.69 Å². The molecule has 1 N–H and O–H groups in total. The van der Waals surface area contributed by atoms with Crippen LogP contribution in [0, 0.1) is 0 Å². The number of nitrogens with zero attached hydrogens (tertiary/aromatic N) is 2. The van der Waals surface area contributed by atoms with Gasteiger partial charge in [0.2, 0.25) is 5.91 Å². The average Bonchev–Trinajstić information content (AvgIpc) is 2.92. The number of ether oxygens (including phenoxy) is 2. The van der Waals surface area contributed by atoms with Crippen LogP contribution in [0.2, 0.25) is 5.02 Å². The van der Waals surface area contributed by atoms with Crippen molar-refractivity contribution < 1.29 is 19.1 Å². The molecular formula is C21H22ClN3O4.